The predicted molar refractivity (Wildman–Crippen MR) is 31.2 cm³/mol. The van der Waals surface area contributed by atoms with Crippen molar-refractivity contribution < 1.29 is 20.4 Å². The molecule has 6 N–H and O–H groups in total. The van der Waals surface area contributed by atoms with E-state index in [2.05, 4.69) is 5.73 Å². The SMILES string of the molecule is CC(O)C(O)(O)O.CN. The molecule has 0 aliphatic heterocycles. The molecule has 0 radical (unpaired) electrons. The van der Waals surface area contributed by atoms with Gasteiger partial charge in [0.15, 0.2) is 0 Å². The quantitative estimate of drug-likeness (QED) is 0.260. The first-order chi connectivity index (χ1) is 3.94. The van der Waals surface area contributed by atoms with Crippen molar-refractivity contribution in [3.8, 4) is 0 Å². The van der Waals surface area contributed by atoms with Gasteiger partial charge in [-0.25, -0.2) is 0 Å². The Morgan fingerprint density at radius 3 is 1.33 bits per heavy atom. The summed E-state index contributed by atoms with van der Waals surface area (Å²) in [7, 11) is 1.50. The summed E-state index contributed by atoms with van der Waals surface area (Å²) in [6.45, 7) is 1.06. The molecule has 5 heteroatoms. The Balaban J connectivity index is 0. The highest BCUT2D eigenvalue weighted by atomic mass is 16.7. The van der Waals surface area contributed by atoms with Gasteiger partial charge in [-0.15, -0.1) is 0 Å². The lowest BCUT2D eigenvalue weighted by atomic mass is 10.3. The van der Waals surface area contributed by atoms with Crippen LogP contribution < -0.4 is 5.73 Å². The van der Waals surface area contributed by atoms with Crippen LogP contribution in [0.3, 0.4) is 0 Å². The van der Waals surface area contributed by atoms with Crippen LogP contribution in [0.4, 0.5) is 0 Å². The van der Waals surface area contributed by atoms with E-state index < -0.39 is 12.1 Å². The van der Waals surface area contributed by atoms with Gasteiger partial charge in [-0.1, -0.05) is 0 Å². The second-order valence-electron chi connectivity index (χ2n) is 1.36. The lowest BCUT2D eigenvalue weighted by Gasteiger charge is -2.15. The molecule has 5 nitrogen and oxygen atoms in total. The van der Waals surface area contributed by atoms with Crippen LogP contribution in [0.5, 0.6) is 0 Å². The largest absolute Gasteiger partial charge is 0.385 e. The van der Waals surface area contributed by atoms with Crippen molar-refractivity contribution in [2.24, 2.45) is 5.73 Å². The minimum absolute atomic E-state index is 1.06. The van der Waals surface area contributed by atoms with E-state index in [1.54, 1.807) is 0 Å². The second kappa shape index (κ2) is 4.66. The first kappa shape index (κ1) is 11.6. The standard InChI is InChI=1S/C3H8O4.CH5N/c1-2(4)3(5,6)7;1-2/h2,4-7H,1H3;2H2,1H3. The molecule has 0 aromatic carbocycles. The molecule has 0 spiro atoms. The van der Waals surface area contributed by atoms with E-state index >= 15 is 0 Å². The Morgan fingerprint density at radius 1 is 1.22 bits per heavy atom. The van der Waals surface area contributed by atoms with Crippen LogP contribution in [0, 0.1) is 0 Å². The van der Waals surface area contributed by atoms with Crippen molar-refractivity contribution >= 4 is 0 Å². The second-order valence-corrected chi connectivity index (χ2v) is 1.36. The third-order valence-corrected chi connectivity index (χ3v) is 0.561. The maximum atomic E-state index is 8.14. The zero-order valence-electron chi connectivity index (χ0n) is 5.44. The summed E-state index contributed by atoms with van der Waals surface area (Å²) in [5.74, 6) is -2.94. The van der Waals surface area contributed by atoms with Crippen LogP contribution in [0.25, 0.3) is 0 Å². The van der Waals surface area contributed by atoms with E-state index in [-0.39, 0.29) is 0 Å². The average molecular weight is 139 g/mol. The highest BCUT2D eigenvalue weighted by Gasteiger charge is 2.24. The van der Waals surface area contributed by atoms with Crippen LogP contribution in [0.2, 0.25) is 0 Å². The summed E-state index contributed by atoms with van der Waals surface area (Å²) in [6, 6.07) is 0. The molecule has 0 amide bonds. The van der Waals surface area contributed by atoms with Gasteiger partial charge in [-0.2, -0.15) is 0 Å². The zero-order chi connectivity index (χ0) is 8.08. The Labute approximate surface area is 53.4 Å². The molecule has 0 fully saturated rings. The molecule has 58 valence electrons. The average Bonchev–Trinajstić information content (AvgIpc) is 1.69. The number of aliphatic hydroxyl groups excluding tert-OH is 1. The van der Waals surface area contributed by atoms with Crippen molar-refractivity contribution in [2.45, 2.75) is 19.0 Å². The monoisotopic (exact) mass is 139 g/mol. The van der Waals surface area contributed by atoms with Gasteiger partial charge >= 0.3 is 5.97 Å². The highest BCUT2D eigenvalue weighted by molar-refractivity contribution is 4.52. The minimum Gasteiger partial charge on any atom is -0.385 e. The number of aliphatic hydroxyl groups is 4. The molecule has 0 aromatic rings. The van der Waals surface area contributed by atoms with Gasteiger partial charge in [-0.05, 0) is 14.0 Å². The Morgan fingerprint density at radius 2 is 1.33 bits per heavy atom. The Hall–Kier alpha value is -0.200. The van der Waals surface area contributed by atoms with Crippen LogP contribution in [-0.4, -0.2) is 39.6 Å². The number of hydrogen-bond donors (Lipinski definition) is 5. The van der Waals surface area contributed by atoms with Crippen LogP contribution in [0.1, 0.15) is 6.92 Å². The fraction of sp³-hybridized carbons (Fsp3) is 1.00. The zero-order valence-corrected chi connectivity index (χ0v) is 5.44. The van der Waals surface area contributed by atoms with Crippen LogP contribution >= 0.6 is 0 Å². The first-order valence-corrected chi connectivity index (χ1v) is 2.37. The normalized spacial score (nSPS) is 13.7. The molecule has 0 aromatic heterocycles. The minimum atomic E-state index is -2.94. The van der Waals surface area contributed by atoms with Crippen molar-refractivity contribution in [1.82, 2.24) is 0 Å². The van der Waals surface area contributed by atoms with Gasteiger partial charge in [0.1, 0.15) is 6.10 Å². The molecule has 1 unspecified atom stereocenters. The van der Waals surface area contributed by atoms with Gasteiger partial charge in [-0.3, -0.25) is 0 Å². The van der Waals surface area contributed by atoms with E-state index in [0.717, 1.165) is 6.92 Å². The van der Waals surface area contributed by atoms with Gasteiger partial charge in [0.25, 0.3) is 0 Å². The maximum Gasteiger partial charge on any atom is 0.302 e. The number of rotatable bonds is 1. The molecule has 0 saturated heterocycles. The predicted octanol–water partition coefficient (Wildman–Crippen LogP) is -2.43. The number of hydrogen-bond acceptors (Lipinski definition) is 5. The number of nitrogens with two attached hydrogens (primary N) is 1. The summed E-state index contributed by atoms with van der Waals surface area (Å²) < 4.78 is 0. The fourth-order valence-electron chi connectivity index (χ4n) is 0. The molecule has 0 bridgehead atoms. The van der Waals surface area contributed by atoms with E-state index in [9.17, 15) is 0 Å². The van der Waals surface area contributed by atoms with E-state index in [1.165, 1.54) is 7.05 Å². The fourth-order valence-corrected chi connectivity index (χ4v) is 0. The molecular weight excluding hydrogens is 126 g/mol. The maximum absolute atomic E-state index is 8.14. The summed E-state index contributed by atoms with van der Waals surface area (Å²) in [5.41, 5.74) is 4.50. The molecule has 0 heterocycles. The summed E-state index contributed by atoms with van der Waals surface area (Å²) in [4.78, 5) is 0. The molecule has 0 aliphatic rings. The first-order valence-electron chi connectivity index (χ1n) is 2.37. The lowest BCUT2D eigenvalue weighted by molar-refractivity contribution is -0.351. The molecule has 9 heavy (non-hydrogen) atoms. The van der Waals surface area contributed by atoms with Gasteiger partial charge in [0, 0.05) is 0 Å². The summed E-state index contributed by atoms with van der Waals surface area (Å²) in [6.07, 6.45) is -1.53. The molecule has 1 atom stereocenters. The topological polar surface area (TPSA) is 107 Å². The van der Waals surface area contributed by atoms with Crippen LogP contribution in [0.15, 0.2) is 0 Å². The molecule has 0 rings (SSSR count). The third-order valence-electron chi connectivity index (χ3n) is 0.561. The van der Waals surface area contributed by atoms with Gasteiger partial charge in [0.05, 0.1) is 0 Å². The molecular formula is C4H13NO4. The third kappa shape index (κ3) is 7.80. The van der Waals surface area contributed by atoms with Crippen molar-refractivity contribution in [3.63, 3.8) is 0 Å². The van der Waals surface area contributed by atoms with E-state index in [4.69, 9.17) is 20.4 Å². The van der Waals surface area contributed by atoms with Crippen molar-refractivity contribution in [2.75, 3.05) is 7.05 Å². The van der Waals surface area contributed by atoms with Crippen molar-refractivity contribution in [3.05, 3.63) is 0 Å². The van der Waals surface area contributed by atoms with Gasteiger partial charge in [0.2, 0.25) is 0 Å². The van der Waals surface area contributed by atoms with E-state index in [1.807, 2.05) is 0 Å². The lowest BCUT2D eigenvalue weighted by Crippen LogP contribution is -2.39. The summed E-state index contributed by atoms with van der Waals surface area (Å²) >= 11 is 0. The Bertz CT molecular complexity index is 58.1. The van der Waals surface area contributed by atoms with Crippen molar-refractivity contribution in [1.29, 1.82) is 0 Å². The molecule has 0 aliphatic carbocycles. The highest BCUT2D eigenvalue weighted by Crippen LogP contribution is 1.97. The summed E-state index contributed by atoms with van der Waals surface area (Å²) in [5, 5.41) is 32.0. The molecule has 0 saturated carbocycles. The Kier molecular flexibility index (Phi) is 5.99. The van der Waals surface area contributed by atoms with E-state index in [0.29, 0.717) is 0 Å². The smallest absolute Gasteiger partial charge is 0.302 e. The van der Waals surface area contributed by atoms with Gasteiger partial charge < -0.3 is 26.2 Å². The van der Waals surface area contributed by atoms with Crippen LogP contribution in [-0.2, 0) is 0 Å².